The zero-order valence-electron chi connectivity index (χ0n) is 20.9. The quantitative estimate of drug-likeness (QED) is 0.236. The van der Waals surface area contributed by atoms with Crippen molar-refractivity contribution in [2.75, 3.05) is 0 Å². The first-order chi connectivity index (χ1) is 15.8. The number of Topliss-reactive ketones (excluding diaryl/α,β-unsaturated/α-hetero) is 2. The molecule has 1 fully saturated rings. The highest BCUT2D eigenvalue weighted by atomic mass is 28.4. The Morgan fingerprint density at radius 1 is 1.24 bits per heavy atom. The number of fused-ring (bicyclic) bond motifs is 1. The molecule has 0 aromatic heterocycles. The maximum absolute atomic E-state index is 13.4. The molecule has 2 aliphatic rings. The molecule has 1 saturated heterocycles. The summed E-state index contributed by atoms with van der Waals surface area (Å²) >= 11 is 0. The van der Waals surface area contributed by atoms with Crippen LogP contribution in [0.1, 0.15) is 56.5 Å². The Labute approximate surface area is 202 Å². The minimum Gasteiger partial charge on any atom is -0.413 e. The smallest absolute Gasteiger partial charge is 0.399 e. The molecule has 7 nitrogen and oxygen atoms in total. The molecule has 1 aromatic carbocycles. The van der Waals surface area contributed by atoms with Crippen molar-refractivity contribution in [1.29, 1.82) is 0 Å². The van der Waals surface area contributed by atoms with Crippen molar-refractivity contribution in [3.05, 3.63) is 48.0 Å². The Hall–Kier alpha value is -2.58. The second-order valence-electron chi connectivity index (χ2n) is 10.7. The first-order valence-electron chi connectivity index (χ1n) is 11.8. The van der Waals surface area contributed by atoms with Crippen LogP contribution in [0.15, 0.2) is 36.9 Å². The van der Waals surface area contributed by atoms with Gasteiger partial charge in [0.2, 0.25) is 5.78 Å². The fraction of sp³-hybridized carbons (Fsp3) is 0.538. The summed E-state index contributed by atoms with van der Waals surface area (Å²) in [7, 11) is -2.21. The molecule has 184 valence electrons. The maximum Gasteiger partial charge on any atom is 0.399 e. The standard InChI is InChI=1S/C26H35NO6Si/c1-8-11-20(28)25(31)32-27-22(19-15-14-17-12-9-10-13-18(17)23(19)29)21(24(27)30)16(2)33-34(6,7)26(3,4)5/h8-10,12-13,16,19,21-22H,1,11,14-15H2,2-7H3/t16-,19-,21-,22-/m1/s1. The van der Waals surface area contributed by atoms with E-state index < -0.39 is 50.0 Å². The highest BCUT2D eigenvalue weighted by molar-refractivity contribution is 6.74. The van der Waals surface area contributed by atoms with Crippen molar-refractivity contribution in [2.24, 2.45) is 11.8 Å². The van der Waals surface area contributed by atoms with Gasteiger partial charge in [-0.1, -0.05) is 51.1 Å². The van der Waals surface area contributed by atoms with E-state index in [1.54, 1.807) is 6.07 Å². The number of β-lactam (4-membered cyclic amide) rings is 1. The molecule has 0 bridgehead atoms. The first kappa shape index (κ1) is 26.0. The van der Waals surface area contributed by atoms with Crippen molar-refractivity contribution >= 4 is 31.8 Å². The van der Waals surface area contributed by atoms with Crippen LogP contribution in [-0.4, -0.2) is 49.0 Å². The number of amides is 1. The summed E-state index contributed by atoms with van der Waals surface area (Å²) in [5.41, 5.74) is 1.60. The SMILES string of the molecule is C=CCC(=O)C(=O)ON1C(=O)[C@H]([C@@H](C)O[Si](C)(C)C(C)(C)C)[C@H]1[C@H]1CCc2ccccc2C1=O. The summed E-state index contributed by atoms with van der Waals surface area (Å²) in [4.78, 5) is 56.2. The molecule has 4 atom stereocenters. The maximum atomic E-state index is 13.4. The molecule has 34 heavy (non-hydrogen) atoms. The highest BCUT2D eigenvalue weighted by Crippen LogP contribution is 2.44. The van der Waals surface area contributed by atoms with Gasteiger partial charge in [0.15, 0.2) is 14.1 Å². The van der Waals surface area contributed by atoms with Gasteiger partial charge in [0.25, 0.3) is 5.91 Å². The summed E-state index contributed by atoms with van der Waals surface area (Å²) in [5, 5.41) is 0.877. The molecule has 1 amide bonds. The lowest BCUT2D eigenvalue weighted by Gasteiger charge is -2.51. The lowest BCUT2D eigenvalue weighted by Crippen LogP contribution is -2.69. The van der Waals surface area contributed by atoms with Crippen molar-refractivity contribution < 1.29 is 28.4 Å². The number of hydrogen-bond acceptors (Lipinski definition) is 6. The number of allylic oxidation sites excluding steroid dienone is 1. The van der Waals surface area contributed by atoms with Crippen molar-refractivity contribution in [3.8, 4) is 0 Å². The van der Waals surface area contributed by atoms with E-state index in [0.717, 1.165) is 10.6 Å². The largest absolute Gasteiger partial charge is 0.413 e. The van der Waals surface area contributed by atoms with Crippen LogP contribution in [0.2, 0.25) is 18.1 Å². The molecule has 0 unspecified atom stereocenters. The fourth-order valence-electron chi connectivity index (χ4n) is 4.52. The van der Waals surface area contributed by atoms with Crippen LogP contribution in [0, 0.1) is 11.8 Å². The van der Waals surface area contributed by atoms with Crippen LogP contribution in [0.25, 0.3) is 0 Å². The zero-order valence-corrected chi connectivity index (χ0v) is 21.9. The van der Waals surface area contributed by atoms with Gasteiger partial charge >= 0.3 is 5.97 Å². The number of ketones is 2. The second kappa shape index (κ2) is 9.58. The minimum absolute atomic E-state index is 0.0631. The lowest BCUT2D eigenvalue weighted by atomic mass is 9.70. The number of carbonyl (C=O) groups is 4. The third-order valence-corrected chi connectivity index (χ3v) is 12.0. The van der Waals surface area contributed by atoms with E-state index >= 15 is 0 Å². The van der Waals surface area contributed by atoms with Gasteiger partial charge in [-0.3, -0.25) is 14.4 Å². The number of hydrogen-bond donors (Lipinski definition) is 0. The minimum atomic E-state index is -2.21. The number of rotatable bonds is 8. The molecule has 0 N–H and O–H groups in total. The number of benzene rings is 1. The third kappa shape index (κ3) is 4.79. The van der Waals surface area contributed by atoms with Gasteiger partial charge in [-0.05, 0) is 43.5 Å². The fourth-order valence-corrected chi connectivity index (χ4v) is 5.95. The molecule has 3 rings (SSSR count). The Morgan fingerprint density at radius 2 is 1.88 bits per heavy atom. The third-order valence-electron chi connectivity index (χ3n) is 7.43. The van der Waals surface area contributed by atoms with Gasteiger partial charge in [0, 0.05) is 17.9 Å². The number of aryl methyl sites for hydroxylation is 1. The van der Waals surface area contributed by atoms with Gasteiger partial charge in [-0.2, -0.15) is 5.06 Å². The van der Waals surface area contributed by atoms with Crippen molar-refractivity contribution in [2.45, 2.75) is 77.2 Å². The molecule has 0 saturated carbocycles. The summed E-state index contributed by atoms with van der Waals surface area (Å²) in [5.74, 6) is -3.64. The summed E-state index contributed by atoms with van der Waals surface area (Å²) in [6.45, 7) is 15.9. The zero-order chi connectivity index (χ0) is 25.4. The van der Waals surface area contributed by atoms with E-state index in [9.17, 15) is 19.2 Å². The monoisotopic (exact) mass is 485 g/mol. The Balaban J connectivity index is 1.91. The molecule has 1 aliphatic carbocycles. The Morgan fingerprint density at radius 3 is 2.50 bits per heavy atom. The van der Waals surface area contributed by atoms with Crippen LogP contribution >= 0.6 is 0 Å². The van der Waals surface area contributed by atoms with Crippen LogP contribution in [0.5, 0.6) is 0 Å². The van der Waals surface area contributed by atoms with Crippen LogP contribution < -0.4 is 0 Å². The Kier molecular flexibility index (Phi) is 7.33. The predicted molar refractivity (Wildman–Crippen MR) is 130 cm³/mol. The van der Waals surface area contributed by atoms with Crippen molar-refractivity contribution in [3.63, 3.8) is 0 Å². The molecule has 0 spiro atoms. The molecule has 8 heteroatoms. The van der Waals surface area contributed by atoms with E-state index in [-0.39, 0.29) is 17.2 Å². The van der Waals surface area contributed by atoms with Gasteiger partial charge < -0.3 is 9.26 Å². The topological polar surface area (TPSA) is 90.0 Å². The summed E-state index contributed by atoms with van der Waals surface area (Å²) < 4.78 is 6.50. The average molecular weight is 486 g/mol. The summed E-state index contributed by atoms with van der Waals surface area (Å²) in [6.07, 6.45) is 1.85. The second-order valence-corrected chi connectivity index (χ2v) is 15.5. The molecular weight excluding hydrogens is 450 g/mol. The van der Waals surface area contributed by atoms with Crippen molar-refractivity contribution in [1.82, 2.24) is 5.06 Å². The molecule has 1 aliphatic heterocycles. The van der Waals surface area contributed by atoms with Gasteiger partial charge in [0.05, 0.1) is 18.1 Å². The lowest BCUT2D eigenvalue weighted by molar-refractivity contribution is -0.248. The van der Waals surface area contributed by atoms with E-state index in [1.807, 2.05) is 25.1 Å². The number of carbonyl (C=O) groups excluding carboxylic acids is 4. The number of nitrogens with zero attached hydrogens (tertiary/aromatic N) is 1. The number of hydroxylamine groups is 2. The van der Waals surface area contributed by atoms with Gasteiger partial charge in [0.1, 0.15) is 0 Å². The van der Waals surface area contributed by atoms with Gasteiger partial charge in [-0.25, -0.2) is 4.79 Å². The van der Waals surface area contributed by atoms with Gasteiger partial charge in [-0.15, -0.1) is 6.58 Å². The molecular formula is C26H35NO6Si. The average Bonchev–Trinajstić information content (AvgIpc) is 2.75. The normalized spacial score (nSPS) is 23.6. The highest BCUT2D eigenvalue weighted by Gasteiger charge is 2.59. The predicted octanol–water partition coefficient (Wildman–Crippen LogP) is 4.27. The Bertz CT molecular complexity index is 1010. The van der Waals surface area contributed by atoms with E-state index in [1.165, 1.54) is 6.08 Å². The van der Waals surface area contributed by atoms with Crippen LogP contribution in [0.4, 0.5) is 0 Å². The summed E-state index contributed by atoms with van der Waals surface area (Å²) in [6, 6.07) is 6.75. The van der Waals surface area contributed by atoms with Crippen LogP contribution in [0.3, 0.4) is 0 Å². The van der Waals surface area contributed by atoms with Crippen LogP contribution in [-0.2, 0) is 30.1 Å². The van der Waals surface area contributed by atoms with E-state index in [4.69, 9.17) is 9.26 Å². The first-order valence-corrected chi connectivity index (χ1v) is 14.7. The molecule has 0 radical (unpaired) electrons. The molecule has 1 aromatic rings. The van der Waals surface area contributed by atoms with E-state index in [0.29, 0.717) is 18.4 Å². The molecule has 1 heterocycles. The van der Waals surface area contributed by atoms with E-state index in [2.05, 4.69) is 40.4 Å².